The van der Waals surface area contributed by atoms with E-state index in [0.29, 0.717) is 10.8 Å². The molecule has 0 amide bonds. The Hall–Kier alpha value is -0.570. The van der Waals surface area contributed by atoms with E-state index in [2.05, 4.69) is 32.6 Å². The molecule has 1 rings (SSSR count). The molecule has 0 aromatic heterocycles. The molecule has 0 aromatic rings. The number of azide groups is 1. The first-order chi connectivity index (χ1) is 8.12. The number of nitrogens with zero attached hydrogens (tertiary/aromatic N) is 3. The number of hydrogen-bond donors (Lipinski definition) is 0. The van der Waals surface area contributed by atoms with E-state index in [0.717, 1.165) is 0 Å². The lowest BCUT2D eigenvalue weighted by atomic mass is 10.0. The Morgan fingerprint density at radius 2 is 2.41 bits per heavy atom. The predicted molar refractivity (Wildman–Crippen MR) is 67.7 cm³/mol. The molecule has 1 heterocycles. The van der Waals surface area contributed by atoms with Gasteiger partial charge in [-0.15, -0.1) is 0 Å². The zero-order valence-electron chi connectivity index (χ0n) is 9.58. The van der Waals surface area contributed by atoms with E-state index in [1.807, 2.05) is 0 Å². The van der Waals surface area contributed by atoms with E-state index in [4.69, 9.17) is 19.7 Å². The molecule has 1 saturated heterocycles. The van der Waals surface area contributed by atoms with Crippen molar-refractivity contribution in [3.8, 4) is 0 Å². The second-order valence-electron chi connectivity index (χ2n) is 3.58. The second kappa shape index (κ2) is 7.00. The minimum atomic E-state index is -0.549. The summed E-state index contributed by atoms with van der Waals surface area (Å²) in [5.74, 6) is -0.414. The number of rotatable bonds is 4. The highest BCUT2D eigenvalue weighted by atomic mass is 127. The molecule has 0 N–H and O–H groups in total. The maximum atomic E-state index is 11.0. The Balaban J connectivity index is 2.85. The van der Waals surface area contributed by atoms with Crippen LogP contribution in [0.25, 0.3) is 10.4 Å². The van der Waals surface area contributed by atoms with Crippen molar-refractivity contribution in [2.75, 3.05) is 11.5 Å². The van der Waals surface area contributed by atoms with Crippen molar-refractivity contribution in [3.05, 3.63) is 10.4 Å². The average molecular weight is 355 g/mol. The van der Waals surface area contributed by atoms with Crippen LogP contribution in [0, 0.1) is 0 Å². The van der Waals surface area contributed by atoms with Gasteiger partial charge in [0.1, 0.15) is 12.2 Å². The molecule has 0 saturated carbocycles. The van der Waals surface area contributed by atoms with Gasteiger partial charge in [-0.3, -0.25) is 4.79 Å². The molecule has 4 atom stereocenters. The van der Waals surface area contributed by atoms with E-state index in [-0.39, 0.29) is 6.10 Å². The number of hydrogen-bond acceptors (Lipinski definition) is 5. The third-order valence-corrected chi connectivity index (χ3v) is 3.29. The fourth-order valence-electron chi connectivity index (χ4n) is 1.71. The van der Waals surface area contributed by atoms with Crippen molar-refractivity contribution in [1.29, 1.82) is 0 Å². The SMILES string of the molecule is CO[C@H]1C[C@H](N=[N+]=[N-])[C@@H](OC(C)=O)[C@@H](CI)O1. The smallest absolute Gasteiger partial charge is 0.303 e. The quantitative estimate of drug-likeness (QED) is 0.192. The molecule has 0 aliphatic carbocycles. The Kier molecular flexibility index (Phi) is 5.96. The van der Waals surface area contributed by atoms with Crippen LogP contribution in [0.5, 0.6) is 0 Å². The third kappa shape index (κ3) is 3.98. The van der Waals surface area contributed by atoms with Crippen LogP contribution in [0.2, 0.25) is 0 Å². The number of carbonyl (C=O) groups is 1. The summed E-state index contributed by atoms with van der Waals surface area (Å²) >= 11 is 2.13. The number of carbonyl (C=O) groups excluding carboxylic acids is 1. The predicted octanol–water partition coefficient (Wildman–Crippen LogP) is 1.79. The molecular weight excluding hydrogens is 341 g/mol. The zero-order chi connectivity index (χ0) is 12.8. The van der Waals surface area contributed by atoms with Crippen molar-refractivity contribution >= 4 is 28.6 Å². The van der Waals surface area contributed by atoms with E-state index in [1.165, 1.54) is 14.0 Å². The minimum Gasteiger partial charge on any atom is -0.459 e. The fraction of sp³-hybridized carbons (Fsp3) is 0.889. The summed E-state index contributed by atoms with van der Waals surface area (Å²) in [5.41, 5.74) is 8.52. The van der Waals surface area contributed by atoms with E-state index >= 15 is 0 Å². The molecule has 0 bridgehead atoms. The number of methoxy groups -OCH3 is 1. The normalized spacial score (nSPS) is 32.6. The molecular formula is C9H14IN3O4. The van der Waals surface area contributed by atoms with Crippen LogP contribution < -0.4 is 0 Å². The van der Waals surface area contributed by atoms with Gasteiger partial charge in [0.25, 0.3) is 0 Å². The maximum absolute atomic E-state index is 11.0. The molecule has 0 spiro atoms. The fourth-order valence-corrected chi connectivity index (χ4v) is 2.42. The first kappa shape index (κ1) is 14.5. The maximum Gasteiger partial charge on any atom is 0.303 e. The van der Waals surface area contributed by atoms with Crippen molar-refractivity contribution in [3.63, 3.8) is 0 Å². The van der Waals surface area contributed by atoms with Crippen molar-refractivity contribution in [1.82, 2.24) is 0 Å². The first-order valence-corrected chi connectivity index (χ1v) is 6.60. The highest BCUT2D eigenvalue weighted by Gasteiger charge is 2.40. The van der Waals surface area contributed by atoms with Gasteiger partial charge in [0.05, 0.1) is 6.04 Å². The van der Waals surface area contributed by atoms with Gasteiger partial charge in [-0.05, 0) is 5.53 Å². The molecule has 1 aliphatic rings. The lowest BCUT2D eigenvalue weighted by molar-refractivity contribution is -0.218. The van der Waals surface area contributed by atoms with Gasteiger partial charge in [-0.2, -0.15) is 0 Å². The molecule has 1 fully saturated rings. The summed E-state index contributed by atoms with van der Waals surface area (Å²) in [6, 6.07) is -0.456. The van der Waals surface area contributed by atoms with Crippen LogP contribution in [-0.2, 0) is 19.0 Å². The molecule has 96 valence electrons. The average Bonchev–Trinajstić information content (AvgIpc) is 2.30. The lowest BCUT2D eigenvalue weighted by Crippen LogP contribution is -2.50. The van der Waals surface area contributed by atoms with Gasteiger partial charge in [0.15, 0.2) is 6.29 Å². The van der Waals surface area contributed by atoms with Gasteiger partial charge in [0, 0.05) is 29.8 Å². The Bertz CT molecular complexity index is 321. The largest absolute Gasteiger partial charge is 0.459 e. The second-order valence-corrected chi connectivity index (χ2v) is 4.46. The molecule has 0 aromatic carbocycles. The highest BCUT2D eigenvalue weighted by molar-refractivity contribution is 14.1. The number of ether oxygens (including phenoxy) is 3. The Morgan fingerprint density at radius 3 is 2.88 bits per heavy atom. The zero-order valence-corrected chi connectivity index (χ0v) is 11.7. The molecule has 0 unspecified atom stereocenters. The van der Waals surface area contributed by atoms with Gasteiger partial charge in [-0.1, -0.05) is 27.7 Å². The number of esters is 1. The van der Waals surface area contributed by atoms with Gasteiger partial charge in [0.2, 0.25) is 0 Å². The molecule has 1 aliphatic heterocycles. The minimum absolute atomic E-state index is 0.325. The van der Waals surface area contributed by atoms with Gasteiger partial charge >= 0.3 is 5.97 Å². The van der Waals surface area contributed by atoms with Crippen LogP contribution in [0.15, 0.2) is 5.11 Å². The first-order valence-electron chi connectivity index (χ1n) is 5.08. The van der Waals surface area contributed by atoms with Crippen molar-refractivity contribution in [2.24, 2.45) is 5.11 Å². The van der Waals surface area contributed by atoms with Crippen LogP contribution in [0.3, 0.4) is 0 Å². The topological polar surface area (TPSA) is 93.5 Å². The van der Waals surface area contributed by atoms with E-state index < -0.39 is 24.4 Å². The number of alkyl halides is 1. The van der Waals surface area contributed by atoms with Crippen LogP contribution >= 0.6 is 22.6 Å². The van der Waals surface area contributed by atoms with Crippen molar-refractivity contribution < 1.29 is 19.0 Å². The Morgan fingerprint density at radius 1 is 1.71 bits per heavy atom. The monoisotopic (exact) mass is 355 g/mol. The summed E-state index contributed by atoms with van der Waals surface area (Å²) in [6.45, 7) is 1.32. The van der Waals surface area contributed by atoms with Crippen LogP contribution in [-0.4, -0.2) is 42.0 Å². The van der Waals surface area contributed by atoms with E-state index in [1.54, 1.807) is 0 Å². The lowest BCUT2D eigenvalue weighted by Gasteiger charge is -2.38. The molecule has 8 heteroatoms. The summed E-state index contributed by atoms with van der Waals surface area (Å²) in [5, 5.41) is 3.65. The van der Waals surface area contributed by atoms with Crippen LogP contribution in [0.4, 0.5) is 0 Å². The number of halogens is 1. The highest BCUT2D eigenvalue weighted by Crippen LogP contribution is 2.27. The Labute approximate surface area is 113 Å². The van der Waals surface area contributed by atoms with Crippen LogP contribution in [0.1, 0.15) is 13.3 Å². The van der Waals surface area contributed by atoms with Gasteiger partial charge < -0.3 is 14.2 Å². The summed E-state index contributed by atoms with van der Waals surface area (Å²) < 4.78 is 16.5. The van der Waals surface area contributed by atoms with E-state index in [9.17, 15) is 4.79 Å². The summed E-state index contributed by atoms with van der Waals surface area (Å²) in [6.07, 6.45) is -0.927. The third-order valence-electron chi connectivity index (χ3n) is 2.42. The standard InChI is InChI=1S/C9H14IN3O4/c1-5(14)16-9-6(12-13-11)3-8(15-2)17-7(9)4-10/h6-9H,3-4H2,1-2H3/t6-,7+,8+,9+/m0/s1. The molecule has 17 heavy (non-hydrogen) atoms. The molecule has 7 nitrogen and oxygen atoms in total. The van der Waals surface area contributed by atoms with Crippen molar-refractivity contribution in [2.45, 2.75) is 37.9 Å². The summed E-state index contributed by atoms with van der Waals surface area (Å²) in [7, 11) is 1.52. The molecule has 0 radical (unpaired) electrons. The summed E-state index contributed by atoms with van der Waals surface area (Å²) in [4.78, 5) is 13.8. The van der Waals surface area contributed by atoms with Gasteiger partial charge in [-0.25, -0.2) is 0 Å².